The van der Waals surface area contributed by atoms with Gasteiger partial charge in [-0.2, -0.15) is 0 Å². The van der Waals surface area contributed by atoms with E-state index >= 15 is 0 Å². The molecule has 0 aliphatic rings. The van der Waals surface area contributed by atoms with Crippen LogP contribution >= 0.6 is 0 Å². The summed E-state index contributed by atoms with van der Waals surface area (Å²) in [5, 5.41) is 3.93. The van der Waals surface area contributed by atoms with Gasteiger partial charge in [0.25, 0.3) is 0 Å². The first-order chi connectivity index (χ1) is 10.2. The van der Waals surface area contributed by atoms with Crippen LogP contribution in [-0.4, -0.2) is 5.16 Å². The Hall–Kier alpha value is -0.790. The van der Waals surface area contributed by atoms with Crippen LogP contribution in [0.1, 0.15) is 104 Å². The smallest absolute Gasteiger partial charge is 0.142 e. The minimum absolute atomic E-state index is 0.189. The molecule has 0 radical (unpaired) electrons. The van der Waals surface area contributed by atoms with Gasteiger partial charge in [-0.3, -0.25) is 0 Å². The van der Waals surface area contributed by atoms with Crippen LogP contribution in [0, 0.1) is 0 Å². The zero-order chi connectivity index (χ0) is 15.4. The highest BCUT2D eigenvalue weighted by atomic mass is 16.5. The van der Waals surface area contributed by atoms with E-state index in [-0.39, 0.29) is 5.41 Å². The summed E-state index contributed by atoms with van der Waals surface area (Å²) in [7, 11) is 0. The fourth-order valence-electron chi connectivity index (χ4n) is 3.14. The fourth-order valence-corrected chi connectivity index (χ4v) is 3.14. The monoisotopic (exact) mass is 293 g/mol. The van der Waals surface area contributed by atoms with Crippen LogP contribution in [0.4, 0.5) is 0 Å². The van der Waals surface area contributed by atoms with Crippen LogP contribution in [0.15, 0.2) is 16.8 Å². The van der Waals surface area contributed by atoms with Crippen molar-refractivity contribution in [3.8, 4) is 0 Å². The van der Waals surface area contributed by atoms with Crippen LogP contribution < -0.4 is 0 Å². The Morgan fingerprint density at radius 3 is 1.90 bits per heavy atom. The molecule has 1 rings (SSSR count). The van der Waals surface area contributed by atoms with Crippen LogP contribution in [0.5, 0.6) is 0 Å². The minimum atomic E-state index is 0.189. The van der Waals surface area contributed by atoms with Gasteiger partial charge in [-0.25, -0.2) is 0 Å². The predicted molar refractivity (Wildman–Crippen MR) is 90.6 cm³/mol. The predicted octanol–water partition coefficient (Wildman–Crippen LogP) is 6.65. The number of nitrogens with zero attached hydrogens (tertiary/aromatic N) is 1. The summed E-state index contributed by atoms with van der Waals surface area (Å²) in [5.41, 5.74) is 0.189. The van der Waals surface area contributed by atoms with Gasteiger partial charge in [-0.1, -0.05) is 90.1 Å². The molecule has 122 valence electrons. The van der Waals surface area contributed by atoms with Crippen LogP contribution in [0.25, 0.3) is 0 Å². The Balaban J connectivity index is 2.37. The lowest BCUT2D eigenvalue weighted by atomic mass is 9.77. The number of hydrogen-bond acceptors (Lipinski definition) is 2. The molecule has 0 spiro atoms. The normalized spacial score (nSPS) is 14.2. The lowest BCUT2D eigenvalue weighted by Gasteiger charge is -2.27. The third-order valence-corrected chi connectivity index (χ3v) is 4.70. The molecule has 1 aromatic rings. The van der Waals surface area contributed by atoms with Crippen molar-refractivity contribution in [3.63, 3.8) is 0 Å². The second-order valence-corrected chi connectivity index (χ2v) is 6.77. The van der Waals surface area contributed by atoms with Gasteiger partial charge in [0.2, 0.25) is 0 Å². The second kappa shape index (κ2) is 10.9. The van der Waals surface area contributed by atoms with E-state index in [1.54, 1.807) is 6.20 Å². The molecule has 21 heavy (non-hydrogen) atoms. The third kappa shape index (κ3) is 7.15. The molecule has 2 heteroatoms. The second-order valence-electron chi connectivity index (χ2n) is 6.77. The van der Waals surface area contributed by atoms with E-state index in [0.717, 1.165) is 5.76 Å². The molecule has 0 saturated carbocycles. The maximum atomic E-state index is 5.50. The largest absolute Gasteiger partial charge is 0.361 e. The van der Waals surface area contributed by atoms with E-state index < -0.39 is 0 Å². The molecule has 0 N–H and O–H groups in total. The van der Waals surface area contributed by atoms with Gasteiger partial charge in [-0.05, 0) is 12.8 Å². The molecule has 0 aromatic carbocycles. The molecular weight excluding hydrogens is 258 g/mol. The highest BCUT2D eigenvalue weighted by molar-refractivity contribution is 5.09. The highest BCUT2D eigenvalue weighted by Gasteiger charge is 2.29. The van der Waals surface area contributed by atoms with E-state index in [0.29, 0.717) is 0 Å². The fraction of sp³-hybridized carbons (Fsp3) is 0.842. The van der Waals surface area contributed by atoms with E-state index in [2.05, 4.69) is 32.0 Å². The lowest BCUT2D eigenvalue weighted by molar-refractivity contribution is 0.263. The van der Waals surface area contributed by atoms with Gasteiger partial charge >= 0.3 is 0 Å². The Morgan fingerprint density at radius 1 is 0.857 bits per heavy atom. The first-order valence-electron chi connectivity index (χ1n) is 9.14. The maximum Gasteiger partial charge on any atom is 0.142 e. The van der Waals surface area contributed by atoms with Crippen LogP contribution in [0.2, 0.25) is 0 Å². The lowest BCUT2D eigenvalue weighted by Crippen LogP contribution is -2.21. The number of rotatable bonds is 13. The molecule has 0 aliphatic heterocycles. The quantitative estimate of drug-likeness (QED) is 0.380. The summed E-state index contributed by atoms with van der Waals surface area (Å²) >= 11 is 0. The zero-order valence-corrected chi connectivity index (χ0v) is 14.5. The van der Waals surface area contributed by atoms with Crippen molar-refractivity contribution < 1.29 is 4.52 Å². The number of aromatic nitrogens is 1. The van der Waals surface area contributed by atoms with Crippen molar-refractivity contribution >= 4 is 0 Å². The first kappa shape index (κ1) is 18.3. The van der Waals surface area contributed by atoms with Crippen molar-refractivity contribution in [1.82, 2.24) is 5.16 Å². The summed E-state index contributed by atoms with van der Waals surface area (Å²) in [6, 6.07) is 2.07. The van der Waals surface area contributed by atoms with Crippen LogP contribution in [0.3, 0.4) is 0 Å². The third-order valence-electron chi connectivity index (χ3n) is 4.70. The van der Waals surface area contributed by atoms with Gasteiger partial charge in [-0.15, -0.1) is 0 Å². The van der Waals surface area contributed by atoms with Crippen molar-refractivity contribution in [2.75, 3.05) is 0 Å². The summed E-state index contributed by atoms with van der Waals surface area (Å²) in [4.78, 5) is 0. The van der Waals surface area contributed by atoms with Gasteiger partial charge in [0.05, 0.1) is 6.20 Å². The van der Waals surface area contributed by atoms with E-state index in [4.69, 9.17) is 4.52 Å². The van der Waals surface area contributed by atoms with E-state index in [1.165, 1.54) is 77.0 Å². The Morgan fingerprint density at radius 2 is 1.38 bits per heavy atom. The van der Waals surface area contributed by atoms with Gasteiger partial charge in [0.15, 0.2) is 0 Å². The average Bonchev–Trinajstić information content (AvgIpc) is 3.02. The molecule has 0 bridgehead atoms. The summed E-state index contributed by atoms with van der Waals surface area (Å²) in [6.45, 7) is 6.91. The molecule has 1 atom stereocenters. The number of unbranched alkanes of at least 4 members (excludes halogenated alkanes) is 8. The molecule has 0 saturated heterocycles. The summed E-state index contributed by atoms with van der Waals surface area (Å²) in [5.74, 6) is 1.09. The van der Waals surface area contributed by atoms with E-state index in [9.17, 15) is 0 Å². The van der Waals surface area contributed by atoms with E-state index in [1.807, 2.05) is 0 Å². The molecule has 1 heterocycles. The molecule has 0 fully saturated rings. The molecule has 1 aromatic heterocycles. The SMILES string of the molecule is CCCCCCCCC(C)(CCCCCC)c1ccno1. The average molecular weight is 293 g/mol. The van der Waals surface area contributed by atoms with Crippen molar-refractivity contribution in [3.05, 3.63) is 18.0 Å². The van der Waals surface area contributed by atoms with Crippen molar-refractivity contribution in [1.29, 1.82) is 0 Å². The van der Waals surface area contributed by atoms with Gasteiger partial charge in [0, 0.05) is 11.5 Å². The van der Waals surface area contributed by atoms with Gasteiger partial charge in [0.1, 0.15) is 5.76 Å². The topological polar surface area (TPSA) is 26.0 Å². The Bertz CT molecular complexity index is 333. The Kier molecular flexibility index (Phi) is 9.45. The molecule has 0 amide bonds. The number of hydrogen-bond donors (Lipinski definition) is 0. The van der Waals surface area contributed by atoms with Crippen LogP contribution in [-0.2, 0) is 5.41 Å². The summed E-state index contributed by atoms with van der Waals surface area (Å²) in [6.07, 6.45) is 17.7. The standard InChI is InChI=1S/C19H35NO/c1-4-6-8-10-11-13-16-19(3,15-12-9-7-5-2)18-14-17-20-21-18/h14,17H,4-13,15-16H2,1-3H3. The van der Waals surface area contributed by atoms with Gasteiger partial charge < -0.3 is 4.52 Å². The van der Waals surface area contributed by atoms with Crippen molar-refractivity contribution in [2.24, 2.45) is 0 Å². The summed E-state index contributed by atoms with van der Waals surface area (Å²) < 4.78 is 5.50. The maximum absolute atomic E-state index is 5.50. The zero-order valence-electron chi connectivity index (χ0n) is 14.5. The first-order valence-corrected chi connectivity index (χ1v) is 9.14. The molecule has 1 unspecified atom stereocenters. The Labute approximate surface area is 131 Å². The molecule has 2 nitrogen and oxygen atoms in total. The molecule has 0 aliphatic carbocycles. The minimum Gasteiger partial charge on any atom is -0.361 e. The molecular formula is C19H35NO. The highest BCUT2D eigenvalue weighted by Crippen LogP contribution is 2.35. The van der Waals surface area contributed by atoms with Crippen molar-refractivity contribution in [2.45, 2.75) is 103 Å².